The lowest BCUT2D eigenvalue weighted by atomic mass is 9.82. The highest BCUT2D eigenvalue weighted by Crippen LogP contribution is 2.60. The standard InChI is InChI=1S/C38H43ClN4O6Si/c1-23-36(50(2,3)48)33(19-35(46)42-16-6-7-28(42)22-44)49-38(23)30-18-26(39)12-15-32(30)43(37(38)47)21-24-10-13-27(14-11-24)41-34(45)17-25-20-40-31-9-5-4-8-29(25)31/h4-5,8-15,18,20,23,28,33,36,40,44,48H,6-7,16-17,19,21-22H2,1-3H3,(H,41,45)/t23-,28+,33+,36-,38+/m1/s1. The summed E-state index contributed by atoms with van der Waals surface area (Å²) in [6.45, 7) is 6.31. The number of ether oxygens (including phenoxy) is 1. The summed E-state index contributed by atoms with van der Waals surface area (Å²) in [7, 11) is -2.98. The highest BCUT2D eigenvalue weighted by atomic mass is 35.5. The number of aromatic nitrogens is 1. The van der Waals surface area contributed by atoms with Crippen LogP contribution in [0.15, 0.2) is 72.9 Å². The van der Waals surface area contributed by atoms with Crippen LogP contribution in [0.1, 0.15) is 42.9 Å². The second-order valence-electron chi connectivity index (χ2n) is 14.5. The molecule has 1 aromatic heterocycles. The minimum Gasteiger partial charge on any atom is -0.432 e. The first-order chi connectivity index (χ1) is 23.9. The van der Waals surface area contributed by atoms with Crippen LogP contribution in [0.4, 0.5) is 11.4 Å². The van der Waals surface area contributed by atoms with Crippen LogP contribution in [0.25, 0.3) is 10.9 Å². The van der Waals surface area contributed by atoms with E-state index in [1.807, 2.05) is 80.8 Å². The van der Waals surface area contributed by atoms with Gasteiger partial charge in [0.25, 0.3) is 5.91 Å². The van der Waals surface area contributed by atoms with Crippen LogP contribution in [0.3, 0.4) is 0 Å². The van der Waals surface area contributed by atoms with E-state index >= 15 is 0 Å². The zero-order valence-electron chi connectivity index (χ0n) is 28.5. The number of para-hydroxylation sites is 1. The summed E-state index contributed by atoms with van der Waals surface area (Å²) in [5, 5.41) is 14.3. The third-order valence-electron chi connectivity index (χ3n) is 10.8. The Bertz CT molecular complexity index is 1940. The molecule has 0 aliphatic carbocycles. The molecule has 50 heavy (non-hydrogen) atoms. The summed E-state index contributed by atoms with van der Waals surface area (Å²) in [5.41, 5.74) is 2.87. The highest BCUT2D eigenvalue weighted by molar-refractivity contribution is 6.71. The molecule has 5 atom stereocenters. The van der Waals surface area contributed by atoms with Gasteiger partial charge in [0.05, 0.1) is 43.8 Å². The maximum atomic E-state index is 14.7. The maximum absolute atomic E-state index is 14.7. The number of carbonyl (C=O) groups excluding carboxylic acids is 3. The molecule has 3 aliphatic rings. The van der Waals surface area contributed by atoms with Gasteiger partial charge in [-0.3, -0.25) is 14.4 Å². The number of amides is 3. The zero-order chi connectivity index (χ0) is 35.4. The van der Waals surface area contributed by atoms with E-state index in [4.69, 9.17) is 16.3 Å². The van der Waals surface area contributed by atoms with Crippen molar-refractivity contribution in [2.75, 3.05) is 23.4 Å². The van der Waals surface area contributed by atoms with Crippen molar-refractivity contribution in [1.29, 1.82) is 0 Å². The van der Waals surface area contributed by atoms with Gasteiger partial charge in [0, 0.05) is 51.4 Å². The first-order valence-electron chi connectivity index (χ1n) is 17.3. The van der Waals surface area contributed by atoms with Gasteiger partial charge in [-0.05, 0) is 73.5 Å². The van der Waals surface area contributed by atoms with Gasteiger partial charge in [-0.1, -0.05) is 48.9 Å². The first kappa shape index (κ1) is 34.4. The molecule has 4 heterocycles. The number of benzene rings is 3. The number of halogens is 1. The molecule has 10 nitrogen and oxygen atoms in total. The topological polar surface area (TPSA) is 135 Å². The summed E-state index contributed by atoms with van der Waals surface area (Å²) in [5.74, 6) is -0.970. The monoisotopic (exact) mass is 714 g/mol. The lowest BCUT2D eigenvalue weighted by Crippen LogP contribution is -2.46. The minimum atomic E-state index is -2.98. The van der Waals surface area contributed by atoms with Gasteiger partial charge in [0.2, 0.25) is 11.8 Å². The van der Waals surface area contributed by atoms with Gasteiger partial charge < -0.3 is 34.7 Å². The van der Waals surface area contributed by atoms with E-state index < -0.39 is 31.5 Å². The molecule has 2 fully saturated rings. The summed E-state index contributed by atoms with van der Waals surface area (Å²) >= 11 is 6.54. The predicted molar refractivity (Wildman–Crippen MR) is 195 cm³/mol. The van der Waals surface area contributed by atoms with E-state index in [2.05, 4.69) is 10.3 Å². The number of nitrogens with zero attached hydrogens (tertiary/aromatic N) is 2. The Balaban J connectivity index is 1.12. The lowest BCUT2D eigenvalue weighted by Gasteiger charge is -2.32. The van der Waals surface area contributed by atoms with Crippen molar-refractivity contribution in [2.24, 2.45) is 5.92 Å². The van der Waals surface area contributed by atoms with Crippen LogP contribution in [0.2, 0.25) is 23.7 Å². The Morgan fingerprint density at radius 2 is 1.88 bits per heavy atom. The zero-order valence-corrected chi connectivity index (χ0v) is 30.2. The average Bonchev–Trinajstić information content (AvgIpc) is 3.84. The van der Waals surface area contributed by atoms with Crippen molar-refractivity contribution < 1.29 is 29.0 Å². The van der Waals surface area contributed by atoms with E-state index in [9.17, 15) is 24.3 Å². The molecule has 0 radical (unpaired) electrons. The Hall–Kier alpha value is -4.00. The third-order valence-corrected chi connectivity index (χ3v) is 13.6. The van der Waals surface area contributed by atoms with Crippen molar-refractivity contribution in [3.8, 4) is 0 Å². The lowest BCUT2D eigenvalue weighted by molar-refractivity contribution is -0.150. The van der Waals surface area contributed by atoms with Gasteiger partial charge in [-0.25, -0.2) is 0 Å². The Morgan fingerprint density at radius 3 is 2.62 bits per heavy atom. The number of hydrogen-bond donors (Lipinski definition) is 4. The fraction of sp³-hybridized carbons (Fsp3) is 0.395. The molecule has 4 aromatic rings. The molecule has 3 aromatic carbocycles. The fourth-order valence-electron chi connectivity index (χ4n) is 8.58. The number of H-pyrrole nitrogens is 1. The van der Waals surface area contributed by atoms with Crippen LogP contribution in [-0.2, 0) is 37.7 Å². The molecule has 0 unspecified atom stereocenters. The molecule has 262 valence electrons. The second kappa shape index (κ2) is 13.3. The number of anilines is 2. The van der Waals surface area contributed by atoms with E-state index in [0.717, 1.165) is 34.9 Å². The smallest absolute Gasteiger partial charge is 0.264 e. The van der Waals surface area contributed by atoms with E-state index in [1.165, 1.54) is 0 Å². The van der Waals surface area contributed by atoms with E-state index in [-0.39, 0.29) is 49.8 Å². The molecule has 0 bridgehead atoms. The van der Waals surface area contributed by atoms with Gasteiger partial charge in [-0.15, -0.1) is 0 Å². The normalized spacial score (nSPS) is 24.8. The molecule has 1 spiro atoms. The Labute approximate surface area is 297 Å². The molecule has 7 rings (SSSR count). The number of aromatic amines is 1. The van der Waals surface area contributed by atoms with Crippen LogP contribution in [-0.4, -0.2) is 71.1 Å². The van der Waals surface area contributed by atoms with E-state index in [1.54, 1.807) is 21.9 Å². The van der Waals surface area contributed by atoms with Crippen LogP contribution in [0, 0.1) is 5.92 Å². The number of fused-ring (bicyclic) bond motifs is 3. The van der Waals surface area contributed by atoms with Crippen LogP contribution >= 0.6 is 11.6 Å². The molecule has 3 aliphatic heterocycles. The number of likely N-dealkylation sites (tertiary alicyclic amines) is 1. The molecular weight excluding hydrogens is 672 g/mol. The molecule has 3 amide bonds. The van der Waals surface area contributed by atoms with Crippen LogP contribution in [0.5, 0.6) is 0 Å². The number of nitrogens with one attached hydrogen (secondary N) is 2. The third kappa shape index (κ3) is 6.05. The van der Waals surface area contributed by atoms with E-state index in [0.29, 0.717) is 28.5 Å². The average molecular weight is 715 g/mol. The molecular formula is C38H43ClN4O6Si. The molecule has 12 heteroatoms. The van der Waals surface area contributed by atoms with Crippen molar-refractivity contribution in [1.82, 2.24) is 9.88 Å². The largest absolute Gasteiger partial charge is 0.432 e. The number of carbonyl (C=O) groups is 3. The second-order valence-corrected chi connectivity index (χ2v) is 18.9. The van der Waals surface area contributed by atoms with Gasteiger partial charge >= 0.3 is 0 Å². The summed E-state index contributed by atoms with van der Waals surface area (Å²) in [6, 6.07) is 20.4. The molecule has 0 saturated carbocycles. The first-order valence-corrected chi connectivity index (χ1v) is 20.7. The van der Waals surface area contributed by atoms with Crippen molar-refractivity contribution in [2.45, 2.75) is 75.5 Å². The quantitative estimate of drug-likeness (QED) is 0.164. The van der Waals surface area contributed by atoms with Gasteiger partial charge in [0.1, 0.15) is 0 Å². The van der Waals surface area contributed by atoms with Crippen molar-refractivity contribution in [3.05, 3.63) is 94.6 Å². The number of aliphatic hydroxyl groups is 1. The minimum absolute atomic E-state index is 0.0148. The van der Waals surface area contributed by atoms with Gasteiger partial charge in [0.15, 0.2) is 13.9 Å². The summed E-state index contributed by atoms with van der Waals surface area (Å²) < 4.78 is 6.82. The summed E-state index contributed by atoms with van der Waals surface area (Å²) in [6.07, 6.45) is 2.99. The predicted octanol–water partition coefficient (Wildman–Crippen LogP) is 5.72. The SMILES string of the molecule is C[C@@H]1[C@@H]([Si](C)(C)O)[C@H](CC(=O)N2CCC[C@H]2CO)O[C@@]12C(=O)N(Cc1ccc(NC(=O)Cc3c[nH]c4ccccc34)cc1)c1ccc(Cl)cc12. The van der Waals surface area contributed by atoms with Crippen LogP contribution < -0.4 is 10.2 Å². The maximum Gasteiger partial charge on any atom is 0.264 e. The highest BCUT2D eigenvalue weighted by Gasteiger charge is 2.66. The van der Waals surface area contributed by atoms with Gasteiger partial charge in [-0.2, -0.15) is 0 Å². The Kier molecular flexibility index (Phi) is 9.15. The number of aliphatic hydroxyl groups excluding tert-OH is 1. The van der Waals surface area contributed by atoms with Crippen molar-refractivity contribution in [3.63, 3.8) is 0 Å². The number of hydrogen-bond acceptors (Lipinski definition) is 6. The van der Waals surface area contributed by atoms with Crippen molar-refractivity contribution >= 4 is 59.9 Å². The Morgan fingerprint density at radius 1 is 1.12 bits per heavy atom. The fourth-order valence-corrected chi connectivity index (χ4v) is 11.3. The summed E-state index contributed by atoms with van der Waals surface area (Å²) in [4.78, 5) is 59.4. The number of rotatable bonds is 9. The molecule has 2 saturated heterocycles. The molecule has 4 N–H and O–H groups in total.